The Labute approximate surface area is 74.1 Å². The van der Waals surface area contributed by atoms with Gasteiger partial charge in [0.1, 0.15) is 5.16 Å². The molecular weight excluding hydrogens is 187 g/mol. The van der Waals surface area contributed by atoms with E-state index in [0.717, 1.165) is 0 Å². The van der Waals surface area contributed by atoms with Crippen LogP contribution in [0.15, 0.2) is 15.7 Å². The number of hydrogen-bond donors (Lipinski definition) is 1. The molecule has 0 aromatic carbocycles. The fourth-order valence-corrected chi connectivity index (χ4v) is 1.23. The number of hydrogen-bond acceptors (Lipinski definition) is 3. The predicted octanol–water partition coefficient (Wildman–Crippen LogP) is 1.22. The first kappa shape index (κ1) is 8.56. The van der Waals surface area contributed by atoms with Gasteiger partial charge < -0.3 is 5.32 Å². The van der Waals surface area contributed by atoms with Gasteiger partial charge in [0.05, 0.1) is 11.9 Å². The van der Waals surface area contributed by atoms with Crippen LogP contribution in [0, 0.1) is 0 Å². The molecule has 0 fully saturated rings. The zero-order valence-corrected chi connectivity index (χ0v) is 7.28. The van der Waals surface area contributed by atoms with E-state index < -0.39 is 5.00 Å². The van der Waals surface area contributed by atoms with Gasteiger partial charge in [0.15, 0.2) is 11.3 Å². The fraction of sp³-hybridized carbons (Fsp3) is 0.333. The Hall–Kier alpha value is -0.540. The third kappa shape index (κ3) is 1.54. The Kier molecular flexibility index (Phi) is 2.20. The van der Waals surface area contributed by atoms with Crippen molar-refractivity contribution >= 4 is 35.8 Å². The van der Waals surface area contributed by atoms with Gasteiger partial charge in [-0.05, 0) is 6.92 Å². The van der Waals surface area contributed by atoms with Crippen LogP contribution in [-0.4, -0.2) is 17.6 Å². The third-order valence-corrected chi connectivity index (χ3v) is 1.96. The van der Waals surface area contributed by atoms with E-state index in [1.54, 1.807) is 6.92 Å². The van der Waals surface area contributed by atoms with Gasteiger partial charge in [-0.1, -0.05) is 23.2 Å². The predicted molar refractivity (Wildman–Crippen MR) is 44.8 cm³/mol. The maximum atomic E-state index is 10.4. The molecule has 0 radical (unpaired) electrons. The topological polar surface area (TPSA) is 41.5 Å². The average Bonchev–Trinajstić information content (AvgIpc) is 1.86. The number of nitrogens with one attached hydrogen (secondary N) is 1. The molecule has 0 aromatic heterocycles. The summed E-state index contributed by atoms with van der Waals surface area (Å²) in [6.45, 7) is 1.60. The molecule has 0 bridgehead atoms. The SMILES string of the molecule is CC1(Cl)N=CNC(Cl)=C1C=O. The zero-order chi connectivity index (χ0) is 8.48. The summed E-state index contributed by atoms with van der Waals surface area (Å²) in [7, 11) is 0. The van der Waals surface area contributed by atoms with Crippen molar-refractivity contribution in [2.45, 2.75) is 11.9 Å². The maximum absolute atomic E-state index is 10.4. The molecule has 1 rings (SSSR count). The van der Waals surface area contributed by atoms with Crippen molar-refractivity contribution in [2.75, 3.05) is 0 Å². The fourth-order valence-electron chi connectivity index (χ4n) is 0.717. The van der Waals surface area contributed by atoms with Crippen LogP contribution in [0.3, 0.4) is 0 Å². The van der Waals surface area contributed by atoms with E-state index in [9.17, 15) is 4.79 Å². The van der Waals surface area contributed by atoms with Gasteiger partial charge >= 0.3 is 0 Å². The first-order chi connectivity index (χ1) is 5.08. The molecule has 0 amide bonds. The van der Waals surface area contributed by atoms with Gasteiger partial charge in [0, 0.05) is 0 Å². The van der Waals surface area contributed by atoms with E-state index in [0.29, 0.717) is 6.29 Å². The molecule has 60 valence electrons. The van der Waals surface area contributed by atoms with Crippen LogP contribution in [0.25, 0.3) is 0 Å². The summed E-state index contributed by atoms with van der Waals surface area (Å²) in [6.07, 6.45) is 1.96. The number of rotatable bonds is 1. The molecule has 1 atom stereocenters. The molecule has 0 saturated carbocycles. The second kappa shape index (κ2) is 2.83. The lowest BCUT2D eigenvalue weighted by Crippen LogP contribution is -2.29. The van der Waals surface area contributed by atoms with E-state index in [4.69, 9.17) is 23.2 Å². The summed E-state index contributed by atoms with van der Waals surface area (Å²) in [4.78, 5) is 13.2. The Morgan fingerprint density at radius 3 is 2.82 bits per heavy atom. The number of aliphatic imine (C=N–C) groups is 1. The van der Waals surface area contributed by atoms with Gasteiger partial charge in [-0.15, -0.1) is 0 Å². The molecular formula is C6H6Cl2N2O. The van der Waals surface area contributed by atoms with Gasteiger partial charge in [-0.25, -0.2) is 4.99 Å². The highest BCUT2D eigenvalue weighted by molar-refractivity contribution is 6.35. The number of carbonyl (C=O) groups excluding carboxylic acids is 1. The van der Waals surface area contributed by atoms with Gasteiger partial charge in [-0.3, -0.25) is 4.79 Å². The smallest absolute Gasteiger partial charge is 0.163 e. The summed E-state index contributed by atoms with van der Waals surface area (Å²) in [6, 6.07) is 0. The summed E-state index contributed by atoms with van der Waals surface area (Å²) in [5, 5.41) is 2.81. The Balaban J connectivity index is 3.07. The van der Waals surface area contributed by atoms with Crippen LogP contribution in [0.1, 0.15) is 6.92 Å². The van der Waals surface area contributed by atoms with Crippen molar-refractivity contribution in [3.8, 4) is 0 Å². The molecule has 1 unspecified atom stereocenters. The first-order valence-electron chi connectivity index (χ1n) is 2.92. The molecule has 0 aliphatic carbocycles. The molecule has 1 aliphatic heterocycles. The summed E-state index contributed by atoms with van der Waals surface area (Å²) in [5.41, 5.74) is 0.253. The maximum Gasteiger partial charge on any atom is 0.163 e. The molecule has 1 aliphatic rings. The van der Waals surface area contributed by atoms with Crippen LogP contribution in [0.2, 0.25) is 0 Å². The minimum atomic E-state index is -1.02. The van der Waals surface area contributed by atoms with Crippen molar-refractivity contribution in [1.82, 2.24) is 5.32 Å². The largest absolute Gasteiger partial charge is 0.337 e. The monoisotopic (exact) mass is 192 g/mol. The Bertz CT molecular complexity index is 245. The second-order valence-corrected chi connectivity index (χ2v) is 3.32. The van der Waals surface area contributed by atoms with Crippen LogP contribution in [0.4, 0.5) is 0 Å². The van der Waals surface area contributed by atoms with Crippen molar-refractivity contribution in [1.29, 1.82) is 0 Å². The average molecular weight is 193 g/mol. The number of halogens is 2. The minimum Gasteiger partial charge on any atom is -0.337 e. The quantitative estimate of drug-likeness (QED) is 0.386. The highest BCUT2D eigenvalue weighted by atomic mass is 35.5. The van der Waals surface area contributed by atoms with Crippen LogP contribution < -0.4 is 5.32 Å². The van der Waals surface area contributed by atoms with Crippen molar-refractivity contribution in [2.24, 2.45) is 4.99 Å². The van der Waals surface area contributed by atoms with E-state index in [1.165, 1.54) is 6.34 Å². The molecule has 3 nitrogen and oxygen atoms in total. The van der Waals surface area contributed by atoms with E-state index in [2.05, 4.69) is 10.3 Å². The van der Waals surface area contributed by atoms with Gasteiger partial charge in [0.2, 0.25) is 0 Å². The minimum absolute atomic E-state index is 0.229. The number of carbonyl (C=O) groups is 1. The normalized spacial score (nSPS) is 30.1. The van der Waals surface area contributed by atoms with Crippen LogP contribution in [-0.2, 0) is 4.79 Å². The number of nitrogens with zero attached hydrogens (tertiary/aromatic N) is 1. The third-order valence-electron chi connectivity index (χ3n) is 1.34. The van der Waals surface area contributed by atoms with E-state index in [1.807, 2.05) is 0 Å². The first-order valence-corrected chi connectivity index (χ1v) is 3.68. The Morgan fingerprint density at radius 2 is 2.45 bits per heavy atom. The standard InChI is InChI=1S/C6H6Cl2N2O/c1-6(8)4(2-11)5(7)9-3-10-6/h2-3H,1H3,(H,9,10). The molecule has 0 saturated heterocycles. The summed E-state index contributed by atoms with van der Waals surface area (Å²) >= 11 is 11.5. The molecule has 1 N–H and O–H groups in total. The molecule has 5 heteroatoms. The van der Waals surface area contributed by atoms with Crippen LogP contribution in [0.5, 0.6) is 0 Å². The van der Waals surface area contributed by atoms with E-state index in [-0.39, 0.29) is 10.7 Å². The van der Waals surface area contributed by atoms with E-state index >= 15 is 0 Å². The lowest BCUT2D eigenvalue weighted by molar-refractivity contribution is -0.105. The highest BCUT2D eigenvalue weighted by Crippen LogP contribution is 2.29. The van der Waals surface area contributed by atoms with Crippen LogP contribution >= 0.6 is 23.2 Å². The van der Waals surface area contributed by atoms with Crippen molar-refractivity contribution in [3.05, 3.63) is 10.7 Å². The lowest BCUT2D eigenvalue weighted by atomic mass is 10.1. The van der Waals surface area contributed by atoms with Crippen molar-refractivity contribution < 1.29 is 4.79 Å². The summed E-state index contributed by atoms with van der Waals surface area (Å²) in [5.74, 6) is 0. The molecule has 0 spiro atoms. The molecule has 11 heavy (non-hydrogen) atoms. The Morgan fingerprint density at radius 1 is 1.82 bits per heavy atom. The second-order valence-electron chi connectivity index (χ2n) is 2.20. The van der Waals surface area contributed by atoms with Crippen molar-refractivity contribution in [3.63, 3.8) is 0 Å². The molecule has 0 aromatic rings. The number of alkyl halides is 1. The zero-order valence-electron chi connectivity index (χ0n) is 5.77. The summed E-state index contributed by atoms with van der Waals surface area (Å²) < 4.78 is 0. The van der Waals surface area contributed by atoms with Gasteiger partial charge in [0.25, 0.3) is 0 Å². The molecule has 1 heterocycles. The lowest BCUT2D eigenvalue weighted by Gasteiger charge is -2.21. The van der Waals surface area contributed by atoms with Gasteiger partial charge in [-0.2, -0.15) is 0 Å². The highest BCUT2D eigenvalue weighted by Gasteiger charge is 2.29. The number of aldehydes is 1.